The zero-order valence-electron chi connectivity index (χ0n) is 25.2. The Labute approximate surface area is 226 Å². The van der Waals surface area contributed by atoms with Crippen LogP contribution in [0.5, 0.6) is 0 Å². The number of rotatable bonds is 7. The highest BCUT2D eigenvalue weighted by atomic mass is 16.1. The first kappa shape index (κ1) is 29.8. The predicted molar refractivity (Wildman–Crippen MR) is 149 cm³/mol. The monoisotopic (exact) mass is 509 g/mol. The number of nitriles is 1. The van der Waals surface area contributed by atoms with E-state index in [-0.39, 0.29) is 56.6 Å². The molecule has 0 radical (unpaired) electrons. The first-order valence-electron chi connectivity index (χ1n) is 14.5. The summed E-state index contributed by atoms with van der Waals surface area (Å²) < 4.78 is 0. The fourth-order valence-corrected chi connectivity index (χ4v) is 9.15. The summed E-state index contributed by atoms with van der Waals surface area (Å²) in [5.41, 5.74) is -0.428. The fourth-order valence-electron chi connectivity index (χ4n) is 9.15. The minimum atomic E-state index is -0.394. The van der Waals surface area contributed by atoms with Gasteiger partial charge in [-0.15, -0.1) is 0 Å². The molecule has 1 unspecified atom stereocenters. The normalized spacial score (nSPS) is 39.8. The van der Waals surface area contributed by atoms with Gasteiger partial charge in [0.1, 0.15) is 17.6 Å². The van der Waals surface area contributed by atoms with Gasteiger partial charge in [0, 0.05) is 17.8 Å². The van der Waals surface area contributed by atoms with E-state index in [4.69, 9.17) is 0 Å². The number of allylic oxidation sites excluding steroid dienone is 2. The average molecular weight is 510 g/mol. The van der Waals surface area contributed by atoms with Crippen LogP contribution in [0.1, 0.15) is 121 Å². The average Bonchev–Trinajstić information content (AvgIpc) is 2.77. The maximum atomic E-state index is 13.2. The minimum absolute atomic E-state index is 0.0288. The molecule has 0 aromatic rings. The zero-order chi connectivity index (χ0) is 28.2. The lowest BCUT2D eigenvalue weighted by molar-refractivity contribution is -0.147. The van der Waals surface area contributed by atoms with E-state index < -0.39 is 5.41 Å². The molecule has 0 aromatic heterocycles. The van der Waals surface area contributed by atoms with Gasteiger partial charge in [0.2, 0.25) is 0 Å². The maximum absolute atomic E-state index is 13.2. The lowest BCUT2D eigenvalue weighted by Gasteiger charge is -2.63. The Balaban J connectivity index is 2.01. The summed E-state index contributed by atoms with van der Waals surface area (Å²) in [6.45, 7) is 21.6. The van der Waals surface area contributed by atoms with Crippen molar-refractivity contribution < 1.29 is 14.4 Å². The molecule has 2 fully saturated rings. The van der Waals surface area contributed by atoms with Crippen molar-refractivity contribution in [2.45, 2.75) is 121 Å². The predicted octanol–water partition coefficient (Wildman–Crippen LogP) is 7.90. The Morgan fingerprint density at radius 1 is 1.08 bits per heavy atom. The molecule has 3 rings (SSSR count). The Hall–Kier alpha value is -1.76. The Morgan fingerprint density at radius 2 is 1.70 bits per heavy atom. The van der Waals surface area contributed by atoms with Crippen LogP contribution in [0.4, 0.5) is 0 Å². The van der Waals surface area contributed by atoms with E-state index in [0.717, 1.165) is 44.9 Å². The van der Waals surface area contributed by atoms with Crippen molar-refractivity contribution in [2.24, 2.45) is 50.7 Å². The third-order valence-corrected chi connectivity index (χ3v) is 12.1. The van der Waals surface area contributed by atoms with Crippen molar-refractivity contribution in [1.82, 2.24) is 0 Å². The summed E-state index contributed by atoms with van der Waals surface area (Å²) in [4.78, 5) is 38.8. The van der Waals surface area contributed by atoms with Crippen LogP contribution < -0.4 is 0 Å². The Bertz CT molecular complexity index is 1030. The molecule has 3 aliphatic rings. The topological polar surface area (TPSA) is 75.0 Å². The summed E-state index contributed by atoms with van der Waals surface area (Å²) in [6, 6.07) is 2.17. The van der Waals surface area contributed by atoms with Crippen molar-refractivity contribution in [3.63, 3.8) is 0 Å². The molecule has 4 heteroatoms. The van der Waals surface area contributed by atoms with E-state index in [9.17, 15) is 19.6 Å². The van der Waals surface area contributed by atoms with Crippen LogP contribution in [-0.2, 0) is 14.4 Å². The lowest BCUT2D eigenvalue weighted by Crippen LogP contribution is -2.57. The van der Waals surface area contributed by atoms with Gasteiger partial charge in [0.05, 0.1) is 5.57 Å². The first-order valence-corrected chi connectivity index (χ1v) is 14.5. The molecule has 0 aliphatic heterocycles. The van der Waals surface area contributed by atoms with Crippen LogP contribution in [0.3, 0.4) is 0 Å². The number of hydrogen-bond donors (Lipinski definition) is 0. The second-order valence-electron chi connectivity index (χ2n) is 15.1. The highest BCUT2D eigenvalue weighted by Crippen LogP contribution is 2.66. The molecule has 37 heavy (non-hydrogen) atoms. The smallest absolute Gasteiger partial charge is 0.176 e. The standard InChI is InChI=1S/C33H51NO3/c1-21-18-29(5,6)13-15-33(21,24(4)36)16-14-30(7,8)32(10)12-11-26-23(3)28(37)25(20-34)19-31(26,9)27(32)17-22(2)35/h19,21,23,26-27H,11-18H2,1-10H3/t21?,23-,26-,27+,31-,32+,33-/m0/s1. The molecular formula is C33H51NO3. The summed E-state index contributed by atoms with van der Waals surface area (Å²) in [6.07, 6.45) is 9.15. The van der Waals surface area contributed by atoms with Crippen LogP contribution >= 0.6 is 0 Å². The van der Waals surface area contributed by atoms with E-state index in [2.05, 4.69) is 54.5 Å². The number of nitrogens with zero attached hydrogens (tertiary/aromatic N) is 1. The van der Waals surface area contributed by atoms with E-state index in [1.807, 2.05) is 13.0 Å². The highest BCUT2D eigenvalue weighted by molar-refractivity contribution is 6.01. The number of ketones is 3. The van der Waals surface area contributed by atoms with Gasteiger partial charge in [0.25, 0.3) is 0 Å². The van der Waals surface area contributed by atoms with E-state index in [1.54, 1.807) is 13.8 Å². The van der Waals surface area contributed by atoms with Gasteiger partial charge in [-0.2, -0.15) is 5.26 Å². The molecule has 2 saturated carbocycles. The first-order chi connectivity index (χ1) is 16.9. The molecule has 4 nitrogen and oxygen atoms in total. The summed E-state index contributed by atoms with van der Waals surface area (Å²) in [5.74, 6) is 0.745. The summed E-state index contributed by atoms with van der Waals surface area (Å²) in [5, 5.41) is 9.77. The fraction of sp³-hybridized carbons (Fsp3) is 0.818. The summed E-state index contributed by atoms with van der Waals surface area (Å²) in [7, 11) is 0. The lowest BCUT2D eigenvalue weighted by atomic mass is 9.41. The van der Waals surface area contributed by atoms with E-state index >= 15 is 0 Å². The number of Topliss-reactive ketones (excluding diaryl/α,β-unsaturated/α-hetero) is 3. The van der Waals surface area contributed by atoms with Crippen LogP contribution in [-0.4, -0.2) is 17.3 Å². The molecule has 0 aromatic carbocycles. The van der Waals surface area contributed by atoms with Crippen molar-refractivity contribution in [3.05, 3.63) is 11.6 Å². The van der Waals surface area contributed by atoms with E-state index in [0.29, 0.717) is 18.1 Å². The Morgan fingerprint density at radius 3 is 2.22 bits per heavy atom. The third kappa shape index (κ3) is 4.90. The van der Waals surface area contributed by atoms with Gasteiger partial charge in [-0.05, 0) is 98.2 Å². The zero-order valence-corrected chi connectivity index (χ0v) is 25.2. The Kier molecular flexibility index (Phi) is 7.86. The van der Waals surface area contributed by atoms with Crippen molar-refractivity contribution >= 4 is 17.3 Å². The molecule has 0 heterocycles. The van der Waals surface area contributed by atoms with Crippen LogP contribution in [0.2, 0.25) is 0 Å². The number of carbonyl (C=O) groups is 3. The van der Waals surface area contributed by atoms with Crippen LogP contribution in [0.15, 0.2) is 11.6 Å². The molecule has 0 saturated heterocycles. The van der Waals surface area contributed by atoms with Gasteiger partial charge in [0.15, 0.2) is 5.78 Å². The highest BCUT2D eigenvalue weighted by Gasteiger charge is 2.61. The molecule has 0 bridgehead atoms. The van der Waals surface area contributed by atoms with Crippen LogP contribution in [0, 0.1) is 62.1 Å². The van der Waals surface area contributed by atoms with Gasteiger partial charge in [-0.1, -0.05) is 61.5 Å². The number of fused-ring (bicyclic) bond motifs is 1. The molecule has 7 atom stereocenters. The largest absolute Gasteiger partial charge is 0.300 e. The van der Waals surface area contributed by atoms with Crippen molar-refractivity contribution in [3.8, 4) is 6.07 Å². The molecule has 206 valence electrons. The van der Waals surface area contributed by atoms with Crippen LogP contribution in [0.25, 0.3) is 0 Å². The molecule has 0 amide bonds. The van der Waals surface area contributed by atoms with Gasteiger partial charge in [-0.25, -0.2) is 0 Å². The number of hydrogen-bond acceptors (Lipinski definition) is 4. The van der Waals surface area contributed by atoms with Crippen molar-refractivity contribution in [1.29, 1.82) is 5.26 Å². The van der Waals surface area contributed by atoms with Gasteiger partial charge < -0.3 is 4.79 Å². The van der Waals surface area contributed by atoms with Gasteiger partial charge in [-0.3, -0.25) is 9.59 Å². The molecule has 0 spiro atoms. The third-order valence-electron chi connectivity index (χ3n) is 12.1. The van der Waals surface area contributed by atoms with Gasteiger partial charge >= 0.3 is 0 Å². The number of carbonyl (C=O) groups excluding carboxylic acids is 3. The SMILES string of the molecule is CC(=O)C[C@@H]1[C@@]2(C)C=C(C#N)C(=O)[C@@H](C)[C@@H]2CC[C@@]1(C)C(C)(C)CC[C@@]1(C(C)=O)CCC(C)(C)CC1C. The second kappa shape index (κ2) is 9.77. The molecule has 3 aliphatic carbocycles. The molecular weight excluding hydrogens is 458 g/mol. The minimum Gasteiger partial charge on any atom is -0.300 e. The second-order valence-corrected chi connectivity index (χ2v) is 15.1. The quantitative estimate of drug-likeness (QED) is 0.349. The van der Waals surface area contributed by atoms with E-state index in [1.165, 1.54) is 0 Å². The van der Waals surface area contributed by atoms with Crippen molar-refractivity contribution in [2.75, 3.05) is 0 Å². The summed E-state index contributed by atoms with van der Waals surface area (Å²) >= 11 is 0. The molecule has 0 N–H and O–H groups in total. The maximum Gasteiger partial charge on any atom is 0.176 e.